The maximum atomic E-state index is 14.1. The molecule has 1 aliphatic heterocycles. The lowest BCUT2D eigenvalue weighted by Gasteiger charge is -2.35. The van der Waals surface area contributed by atoms with Gasteiger partial charge in [0.2, 0.25) is 5.82 Å². The number of methoxy groups -OCH3 is 1. The fraction of sp³-hybridized carbons (Fsp3) is 0.148. The van der Waals surface area contributed by atoms with Crippen molar-refractivity contribution in [1.29, 1.82) is 0 Å². The summed E-state index contributed by atoms with van der Waals surface area (Å²) in [7, 11) is 1.57. The first-order chi connectivity index (χ1) is 17.4. The highest BCUT2D eigenvalue weighted by Crippen LogP contribution is 2.38. The number of para-hydroxylation sites is 1. The average molecular weight is 488 g/mol. The highest BCUT2D eigenvalue weighted by Gasteiger charge is 2.36. The monoisotopic (exact) mass is 488 g/mol. The Morgan fingerprint density at radius 1 is 1.03 bits per heavy atom. The second kappa shape index (κ2) is 9.61. The number of ether oxygens (including phenoxy) is 1. The molecule has 0 spiro atoms. The molecule has 1 unspecified atom stereocenters. The van der Waals surface area contributed by atoms with Crippen molar-refractivity contribution < 1.29 is 22.8 Å². The summed E-state index contributed by atoms with van der Waals surface area (Å²) in [5, 5.41) is 7.01. The number of amides is 2. The summed E-state index contributed by atoms with van der Waals surface area (Å²) < 4.78 is 38.6. The Morgan fingerprint density at radius 2 is 1.81 bits per heavy atom. The molecule has 9 heteroatoms. The zero-order valence-corrected chi connectivity index (χ0v) is 19.5. The third kappa shape index (κ3) is 4.43. The molecule has 0 radical (unpaired) electrons. The number of benzene rings is 3. The number of aromatic nitrogens is 2. The minimum Gasteiger partial charge on any atom is -0.496 e. The van der Waals surface area contributed by atoms with E-state index in [1.807, 2.05) is 24.3 Å². The number of carbonyl (C=O) groups is 1. The molecule has 5 rings (SSSR count). The van der Waals surface area contributed by atoms with Gasteiger partial charge in [-0.1, -0.05) is 35.5 Å². The van der Waals surface area contributed by atoms with Crippen LogP contribution in [-0.2, 0) is 6.54 Å². The molecule has 7 nitrogen and oxygen atoms in total. The van der Waals surface area contributed by atoms with E-state index < -0.39 is 11.9 Å². The standard InChI is InChI=1S/C27H22F2N4O3/c1-16-23(26-31-25(32-36-26)17-10-12-20(28)13-11-17)24(18-7-5-8-21(29)14-18)30-27(34)33(16)15-19-6-3-4-9-22(19)35-2/h3-14,24H,15H2,1-2H3,(H,30,34). The van der Waals surface area contributed by atoms with Crippen LogP contribution in [0.15, 0.2) is 83.0 Å². The SMILES string of the molecule is COc1ccccc1CN1C(=O)NC(c2cccc(F)c2)C(c2nc(-c3ccc(F)cc3)no2)=C1C. The Morgan fingerprint density at radius 3 is 2.56 bits per heavy atom. The first kappa shape index (κ1) is 23.2. The Hall–Kier alpha value is -4.53. The molecule has 1 atom stereocenters. The molecule has 0 saturated heterocycles. The fourth-order valence-electron chi connectivity index (χ4n) is 4.24. The molecule has 0 bridgehead atoms. The minimum atomic E-state index is -0.733. The molecule has 2 heterocycles. The van der Waals surface area contributed by atoms with Crippen molar-refractivity contribution in [2.24, 2.45) is 0 Å². The van der Waals surface area contributed by atoms with Gasteiger partial charge in [0.1, 0.15) is 17.4 Å². The minimum absolute atomic E-state index is 0.158. The van der Waals surface area contributed by atoms with Gasteiger partial charge < -0.3 is 14.6 Å². The van der Waals surface area contributed by atoms with Gasteiger partial charge in [0, 0.05) is 16.8 Å². The topological polar surface area (TPSA) is 80.5 Å². The molecule has 0 saturated carbocycles. The summed E-state index contributed by atoms with van der Waals surface area (Å²) in [6, 6.07) is 18.0. The Kier molecular flexibility index (Phi) is 6.20. The first-order valence-corrected chi connectivity index (χ1v) is 11.2. The van der Waals surface area contributed by atoms with Crippen LogP contribution in [0.3, 0.4) is 0 Å². The van der Waals surface area contributed by atoms with Crippen LogP contribution in [0.5, 0.6) is 5.75 Å². The molecule has 182 valence electrons. The van der Waals surface area contributed by atoms with Gasteiger partial charge in [0.15, 0.2) is 0 Å². The van der Waals surface area contributed by atoms with E-state index in [0.717, 1.165) is 5.56 Å². The summed E-state index contributed by atoms with van der Waals surface area (Å²) in [5.74, 6) is 0.243. The van der Waals surface area contributed by atoms with Gasteiger partial charge in [-0.25, -0.2) is 13.6 Å². The first-order valence-electron chi connectivity index (χ1n) is 11.2. The van der Waals surface area contributed by atoms with E-state index in [1.165, 1.54) is 24.3 Å². The molecule has 4 aromatic rings. The van der Waals surface area contributed by atoms with Crippen LogP contribution in [-0.4, -0.2) is 28.2 Å². The van der Waals surface area contributed by atoms with E-state index in [9.17, 15) is 13.6 Å². The number of nitrogens with zero attached hydrogens (tertiary/aromatic N) is 3. The van der Waals surface area contributed by atoms with Crippen molar-refractivity contribution in [3.63, 3.8) is 0 Å². The van der Waals surface area contributed by atoms with Crippen molar-refractivity contribution in [2.45, 2.75) is 19.5 Å². The number of urea groups is 1. The molecular weight excluding hydrogens is 466 g/mol. The van der Waals surface area contributed by atoms with E-state index in [1.54, 1.807) is 43.2 Å². The lowest BCUT2D eigenvalue weighted by molar-refractivity contribution is 0.202. The van der Waals surface area contributed by atoms with Gasteiger partial charge in [0.25, 0.3) is 5.89 Å². The van der Waals surface area contributed by atoms with Crippen LogP contribution in [0, 0.1) is 11.6 Å². The maximum Gasteiger partial charge on any atom is 0.322 e. The zero-order chi connectivity index (χ0) is 25.2. The molecule has 2 amide bonds. The van der Waals surface area contributed by atoms with E-state index in [4.69, 9.17) is 9.26 Å². The van der Waals surface area contributed by atoms with E-state index in [-0.39, 0.29) is 30.1 Å². The molecule has 1 aliphatic rings. The van der Waals surface area contributed by atoms with E-state index in [0.29, 0.717) is 28.1 Å². The second-order valence-corrected chi connectivity index (χ2v) is 8.26. The number of hydrogen-bond donors (Lipinski definition) is 1. The maximum absolute atomic E-state index is 14.1. The average Bonchev–Trinajstić information content (AvgIpc) is 3.36. The van der Waals surface area contributed by atoms with Gasteiger partial charge in [-0.3, -0.25) is 4.90 Å². The van der Waals surface area contributed by atoms with Crippen molar-refractivity contribution in [3.8, 4) is 17.1 Å². The molecular formula is C27H22F2N4O3. The molecule has 36 heavy (non-hydrogen) atoms. The molecule has 0 aliphatic carbocycles. The molecule has 1 N–H and O–H groups in total. The normalized spacial score (nSPS) is 15.7. The quantitative estimate of drug-likeness (QED) is 0.375. The molecule has 3 aromatic carbocycles. The Bertz CT molecular complexity index is 1450. The number of rotatable bonds is 6. The Labute approximate surface area is 206 Å². The van der Waals surface area contributed by atoms with Crippen molar-refractivity contribution in [2.75, 3.05) is 7.11 Å². The predicted molar refractivity (Wildman–Crippen MR) is 128 cm³/mol. The highest BCUT2D eigenvalue weighted by atomic mass is 19.1. The second-order valence-electron chi connectivity index (χ2n) is 8.26. The summed E-state index contributed by atoms with van der Waals surface area (Å²) in [6.07, 6.45) is 0. The number of halogens is 2. The van der Waals surface area contributed by atoms with Gasteiger partial charge >= 0.3 is 6.03 Å². The fourth-order valence-corrected chi connectivity index (χ4v) is 4.24. The number of allylic oxidation sites excluding steroid dienone is 1. The number of hydrogen-bond acceptors (Lipinski definition) is 5. The van der Waals surface area contributed by atoms with Gasteiger partial charge in [-0.2, -0.15) is 4.98 Å². The van der Waals surface area contributed by atoms with Crippen LogP contribution in [0.1, 0.15) is 30.0 Å². The van der Waals surface area contributed by atoms with Crippen LogP contribution in [0.25, 0.3) is 17.0 Å². The summed E-state index contributed by atoms with van der Waals surface area (Å²) in [6.45, 7) is 2.00. The van der Waals surface area contributed by atoms with Crippen LogP contribution < -0.4 is 10.1 Å². The summed E-state index contributed by atoms with van der Waals surface area (Å²) in [5.41, 5.74) is 2.98. The van der Waals surface area contributed by atoms with E-state index in [2.05, 4.69) is 15.5 Å². The Balaban J connectivity index is 1.61. The lowest BCUT2D eigenvalue weighted by atomic mass is 9.94. The predicted octanol–water partition coefficient (Wildman–Crippen LogP) is 5.72. The van der Waals surface area contributed by atoms with Gasteiger partial charge in [0.05, 0.1) is 25.3 Å². The summed E-state index contributed by atoms with van der Waals surface area (Å²) in [4.78, 5) is 19.3. The number of nitrogens with one attached hydrogen (secondary N) is 1. The van der Waals surface area contributed by atoms with Crippen LogP contribution in [0.2, 0.25) is 0 Å². The highest BCUT2D eigenvalue weighted by molar-refractivity contribution is 5.87. The summed E-state index contributed by atoms with van der Waals surface area (Å²) >= 11 is 0. The van der Waals surface area contributed by atoms with E-state index >= 15 is 0 Å². The third-order valence-corrected chi connectivity index (χ3v) is 6.06. The van der Waals surface area contributed by atoms with Gasteiger partial charge in [-0.05, 0) is 55.0 Å². The molecule has 1 aromatic heterocycles. The molecule has 0 fully saturated rings. The third-order valence-electron chi connectivity index (χ3n) is 6.06. The number of carbonyl (C=O) groups excluding carboxylic acids is 1. The van der Waals surface area contributed by atoms with Gasteiger partial charge in [-0.15, -0.1) is 0 Å². The van der Waals surface area contributed by atoms with Crippen LogP contribution >= 0.6 is 0 Å². The zero-order valence-electron chi connectivity index (χ0n) is 19.5. The lowest BCUT2D eigenvalue weighted by Crippen LogP contribution is -2.45. The van der Waals surface area contributed by atoms with Crippen molar-refractivity contribution in [3.05, 3.63) is 107 Å². The largest absolute Gasteiger partial charge is 0.496 e. The van der Waals surface area contributed by atoms with Crippen LogP contribution in [0.4, 0.5) is 13.6 Å². The van der Waals surface area contributed by atoms with Crippen molar-refractivity contribution >= 4 is 11.6 Å². The van der Waals surface area contributed by atoms with Crippen molar-refractivity contribution in [1.82, 2.24) is 20.4 Å². The smallest absolute Gasteiger partial charge is 0.322 e.